The average molecular weight is 186 g/mol. The van der Waals surface area contributed by atoms with Crippen molar-refractivity contribution in [3.05, 3.63) is 60.8 Å². The molecular formula is C14H18. The maximum Gasteiger partial charge on any atom is -0.0347 e. The van der Waals surface area contributed by atoms with Crippen LogP contribution in [0.15, 0.2) is 60.8 Å². The fraction of sp³-hybridized carbons (Fsp3) is 0.286. The summed E-state index contributed by atoms with van der Waals surface area (Å²) >= 11 is 0. The zero-order chi connectivity index (χ0) is 9.90. The summed E-state index contributed by atoms with van der Waals surface area (Å²) in [6.07, 6.45) is 26.0. The van der Waals surface area contributed by atoms with E-state index in [4.69, 9.17) is 0 Å². The fourth-order valence-electron chi connectivity index (χ4n) is 1.26. The first-order chi connectivity index (χ1) is 7.00. The molecule has 0 atom stereocenters. The van der Waals surface area contributed by atoms with Gasteiger partial charge in [0.05, 0.1) is 0 Å². The van der Waals surface area contributed by atoms with Gasteiger partial charge in [0, 0.05) is 0 Å². The van der Waals surface area contributed by atoms with Crippen molar-refractivity contribution in [1.29, 1.82) is 0 Å². The second-order valence-corrected chi connectivity index (χ2v) is 3.30. The molecular weight excluding hydrogens is 168 g/mol. The first kappa shape index (κ1) is 10.8. The summed E-state index contributed by atoms with van der Waals surface area (Å²) in [5.74, 6) is 0. The van der Waals surface area contributed by atoms with Crippen molar-refractivity contribution in [2.45, 2.75) is 25.7 Å². The lowest BCUT2D eigenvalue weighted by Crippen LogP contribution is -1.71. The zero-order valence-corrected chi connectivity index (χ0v) is 8.60. The predicted molar refractivity (Wildman–Crippen MR) is 64.2 cm³/mol. The summed E-state index contributed by atoms with van der Waals surface area (Å²) in [6.45, 7) is 0. The monoisotopic (exact) mass is 186 g/mol. The van der Waals surface area contributed by atoms with Gasteiger partial charge in [-0.1, -0.05) is 60.8 Å². The molecule has 0 aliphatic heterocycles. The molecule has 0 amide bonds. The van der Waals surface area contributed by atoms with E-state index in [-0.39, 0.29) is 0 Å². The summed E-state index contributed by atoms with van der Waals surface area (Å²) in [5.41, 5.74) is 0. The second kappa shape index (κ2) is 8.31. The lowest BCUT2D eigenvalue weighted by Gasteiger charge is -1.91. The molecule has 0 bridgehead atoms. The number of hydrogen-bond acceptors (Lipinski definition) is 0. The molecule has 0 aromatic carbocycles. The van der Waals surface area contributed by atoms with Crippen LogP contribution in [-0.2, 0) is 0 Å². The van der Waals surface area contributed by atoms with Crippen molar-refractivity contribution < 1.29 is 0 Å². The highest BCUT2D eigenvalue weighted by Gasteiger charge is 1.82. The molecule has 0 N–H and O–H groups in total. The van der Waals surface area contributed by atoms with Gasteiger partial charge in [0.1, 0.15) is 0 Å². The van der Waals surface area contributed by atoms with E-state index in [9.17, 15) is 0 Å². The van der Waals surface area contributed by atoms with Crippen LogP contribution in [0.25, 0.3) is 0 Å². The quantitative estimate of drug-likeness (QED) is 0.528. The van der Waals surface area contributed by atoms with Gasteiger partial charge in [-0.25, -0.2) is 0 Å². The molecule has 0 saturated heterocycles. The smallest absolute Gasteiger partial charge is 0.0347 e. The Bertz CT molecular complexity index is 234. The van der Waals surface area contributed by atoms with E-state index in [2.05, 4.69) is 48.6 Å². The standard InChI is InChI=1S/C14H18/c1-2-4-6-8-10-12-14-13-11-9-7-5-3-1/h1-10H,11-14H2/b2-1?,5-3-,6-4?,9-7+,10-8-. The molecule has 1 aliphatic carbocycles. The molecule has 0 spiro atoms. The van der Waals surface area contributed by atoms with E-state index in [0.29, 0.717) is 0 Å². The maximum atomic E-state index is 2.23. The molecule has 14 heavy (non-hydrogen) atoms. The normalized spacial score (nSPS) is 25.1. The molecule has 0 heterocycles. The van der Waals surface area contributed by atoms with Gasteiger partial charge in [-0.05, 0) is 25.7 Å². The fourth-order valence-corrected chi connectivity index (χ4v) is 1.26. The maximum absolute atomic E-state index is 2.23. The van der Waals surface area contributed by atoms with E-state index < -0.39 is 0 Å². The summed E-state index contributed by atoms with van der Waals surface area (Å²) in [7, 11) is 0. The van der Waals surface area contributed by atoms with Crippen LogP contribution in [0, 0.1) is 0 Å². The highest BCUT2D eigenvalue weighted by Crippen LogP contribution is 2.02. The number of allylic oxidation sites excluding steroid dienone is 10. The molecule has 0 radical (unpaired) electrons. The summed E-state index contributed by atoms with van der Waals surface area (Å²) < 4.78 is 0. The van der Waals surface area contributed by atoms with Crippen molar-refractivity contribution in [1.82, 2.24) is 0 Å². The van der Waals surface area contributed by atoms with Gasteiger partial charge in [-0.2, -0.15) is 0 Å². The van der Waals surface area contributed by atoms with Gasteiger partial charge in [0.2, 0.25) is 0 Å². The second-order valence-electron chi connectivity index (χ2n) is 3.30. The first-order valence-electron chi connectivity index (χ1n) is 5.32. The molecule has 0 saturated carbocycles. The topological polar surface area (TPSA) is 0 Å². The van der Waals surface area contributed by atoms with E-state index in [1.807, 2.05) is 12.2 Å². The molecule has 0 aromatic rings. The SMILES string of the molecule is C1=C/C=C\C=C\CCCC/C=C\C=C1. The lowest BCUT2D eigenvalue weighted by molar-refractivity contribution is 0.762. The summed E-state index contributed by atoms with van der Waals surface area (Å²) in [6, 6.07) is 0. The third-order valence-corrected chi connectivity index (χ3v) is 2.04. The Labute approximate surface area is 87.0 Å². The van der Waals surface area contributed by atoms with Crippen LogP contribution in [0.5, 0.6) is 0 Å². The van der Waals surface area contributed by atoms with Crippen molar-refractivity contribution in [3.8, 4) is 0 Å². The Kier molecular flexibility index (Phi) is 6.39. The lowest BCUT2D eigenvalue weighted by atomic mass is 10.1. The van der Waals surface area contributed by atoms with Gasteiger partial charge in [0.15, 0.2) is 0 Å². The van der Waals surface area contributed by atoms with Gasteiger partial charge in [0.25, 0.3) is 0 Å². The van der Waals surface area contributed by atoms with Crippen LogP contribution in [0.2, 0.25) is 0 Å². The molecule has 0 unspecified atom stereocenters. The molecule has 0 fully saturated rings. The molecule has 1 rings (SSSR count). The number of rotatable bonds is 0. The predicted octanol–water partition coefficient (Wildman–Crippen LogP) is 4.34. The third kappa shape index (κ3) is 6.24. The Morgan fingerprint density at radius 2 is 0.786 bits per heavy atom. The van der Waals surface area contributed by atoms with Crippen LogP contribution < -0.4 is 0 Å². The van der Waals surface area contributed by atoms with Gasteiger partial charge < -0.3 is 0 Å². The van der Waals surface area contributed by atoms with Crippen LogP contribution in [0.1, 0.15) is 25.7 Å². The first-order valence-corrected chi connectivity index (χ1v) is 5.32. The molecule has 0 heteroatoms. The zero-order valence-electron chi connectivity index (χ0n) is 8.60. The Hall–Kier alpha value is -1.30. The highest BCUT2D eigenvalue weighted by molar-refractivity contribution is 5.17. The summed E-state index contributed by atoms with van der Waals surface area (Å²) in [5, 5.41) is 0. The minimum absolute atomic E-state index is 1.19. The van der Waals surface area contributed by atoms with Gasteiger partial charge in [-0.15, -0.1) is 0 Å². The minimum Gasteiger partial charge on any atom is -0.0845 e. The van der Waals surface area contributed by atoms with Crippen LogP contribution in [-0.4, -0.2) is 0 Å². The van der Waals surface area contributed by atoms with E-state index in [1.165, 1.54) is 25.7 Å². The average Bonchev–Trinajstić information content (AvgIpc) is 2.22. The van der Waals surface area contributed by atoms with Crippen molar-refractivity contribution >= 4 is 0 Å². The van der Waals surface area contributed by atoms with Crippen LogP contribution >= 0.6 is 0 Å². The Balaban J connectivity index is 2.46. The number of hydrogen-bond donors (Lipinski definition) is 0. The van der Waals surface area contributed by atoms with Gasteiger partial charge in [-0.3, -0.25) is 0 Å². The Morgan fingerprint density at radius 1 is 0.429 bits per heavy atom. The highest BCUT2D eigenvalue weighted by atomic mass is 13.9. The molecule has 1 aliphatic rings. The van der Waals surface area contributed by atoms with E-state index in [1.54, 1.807) is 0 Å². The minimum atomic E-state index is 1.19. The van der Waals surface area contributed by atoms with E-state index in [0.717, 1.165) is 0 Å². The largest absolute Gasteiger partial charge is 0.0845 e. The van der Waals surface area contributed by atoms with E-state index >= 15 is 0 Å². The van der Waals surface area contributed by atoms with Crippen molar-refractivity contribution in [3.63, 3.8) is 0 Å². The molecule has 0 nitrogen and oxygen atoms in total. The van der Waals surface area contributed by atoms with Crippen molar-refractivity contribution in [2.24, 2.45) is 0 Å². The molecule has 0 aromatic heterocycles. The Morgan fingerprint density at radius 3 is 1.21 bits per heavy atom. The van der Waals surface area contributed by atoms with Crippen LogP contribution in [0.4, 0.5) is 0 Å². The third-order valence-electron chi connectivity index (χ3n) is 2.04. The van der Waals surface area contributed by atoms with Crippen molar-refractivity contribution in [2.75, 3.05) is 0 Å². The van der Waals surface area contributed by atoms with Crippen LogP contribution in [0.3, 0.4) is 0 Å². The molecule has 74 valence electrons. The summed E-state index contributed by atoms with van der Waals surface area (Å²) in [4.78, 5) is 0. The van der Waals surface area contributed by atoms with Gasteiger partial charge >= 0.3 is 0 Å².